The summed E-state index contributed by atoms with van der Waals surface area (Å²) in [6.45, 7) is 1.78. The Morgan fingerprint density at radius 3 is 3.14 bits per heavy atom. The Morgan fingerprint density at radius 1 is 1.71 bits per heavy atom. The van der Waals surface area contributed by atoms with Gasteiger partial charge in [-0.15, -0.1) is 0 Å². The first-order valence-corrected chi connectivity index (χ1v) is 5.87. The minimum absolute atomic E-state index is 0.279. The highest BCUT2D eigenvalue weighted by Gasteiger charge is 2.62. The van der Waals surface area contributed by atoms with Crippen molar-refractivity contribution in [2.75, 3.05) is 13.2 Å². The molecule has 14 heavy (non-hydrogen) atoms. The summed E-state index contributed by atoms with van der Waals surface area (Å²) in [6.07, 6.45) is 1.26. The lowest BCUT2D eigenvalue weighted by molar-refractivity contribution is 0.133. The summed E-state index contributed by atoms with van der Waals surface area (Å²) in [7, 11) is 0. The fourth-order valence-corrected chi connectivity index (χ4v) is 3.35. The molecule has 0 spiro atoms. The van der Waals surface area contributed by atoms with Crippen LogP contribution in [0.5, 0.6) is 0 Å². The van der Waals surface area contributed by atoms with Crippen LogP contribution in [0.3, 0.4) is 0 Å². The second-order valence-corrected chi connectivity index (χ2v) is 5.09. The molecule has 1 saturated heterocycles. The summed E-state index contributed by atoms with van der Waals surface area (Å²) in [5.74, 6) is 6.38. The monoisotopic (exact) mass is 210 g/mol. The summed E-state index contributed by atoms with van der Waals surface area (Å²) in [6, 6.07) is 2.43. The van der Waals surface area contributed by atoms with Gasteiger partial charge in [-0.3, -0.25) is 11.3 Å². The molecule has 0 bridgehead atoms. The first kappa shape index (κ1) is 8.85. The molecular formula is C10H14N2OS. The van der Waals surface area contributed by atoms with E-state index in [2.05, 4.69) is 22.3 Å². The van der Waals surface area contributed by atoms with Gasteiger partial charge in [-0.1, -0.05) is 0 Å². The van der Waals surface area contributed by atoms with Gasteiger partial charge in [0.2, 0.25) is 0 Å². The standard InChI is InChI=1S/C10H14N2OS/c11-12-9(7-1-2-14-5-7)10-3-8(10)4-13-6-10/h1-2,5,8-9,12H,3-4,6,11H2. The first-order chi connectivity index (χ1) is 6.87. The van der Waals surface area contributed by atoms with E-state index in [0.29, 0.717) is 5.41 Å². The average molecular weight is 210 g/mol. The molecule has 0 radical (unpaired) electrons. The highest BCUT2D eigenvalue weighted by atomic mass is 32.1. The predicted molar refractivity (Wildman–Crippen MR) is 55.7 cm³/mol. The number of ether oxygens (including phenoxy) is 1. The SMILES string of the molecule is NNC(c1ccsc1)C12COCC1C2. The van der Waals surface area contributed by atoms with Crippen LogP contribution in [0.1, 0.15) is 18.0 Å². The molecule has 2 aliphatic rings. The van der Waals surface area contributed by atoms with E-state index in [-0.39, 0.29) is 6.04 Å². The van der Waals surface area contributed by atoms with Gasteiger partial charge in [0.25, 0.3) is 0 Å². The van der Waals surface area contributed by atoms with Gasteiger partial charge in [0.05, 0.1) is 19.3 Å². The van der Waals surface area contributed by atoms with Crippen molar-refractivity contribution in [2.24, 2.45) is 17.2 Å². The molecule has 1 saturated carbocycles. The topological polar surface area (TPSA) is 47.3 Å². The highest BCUT2D eigenvalue weighted by Crippen LogP contribution is 2.63. The summed E-state index contributed by atoms with van der Waals surface area (Å²) >= 11 is 1.72. The Hall–Kier alpha value is -0.420. The zero-order valence-corrected chi connectivity index (χ0v) is 8.72. The Kier molecular flexibility index (Phi) is 1.92. The lowest BCUT2D eigenvalue weighted by atomic mass is 9.92. The van der Waals surface area contributed by atoms with Gasteiger partial charge in [-0.25, -0.2) is 0 Å². The summed E-state index contributed by atoms with van der Waals surface area (Å²) in [4.78, 5) is 0. The Bertz CT molecular complexity index is 327. The number of nitrogens with two attached hydrogens (primary N) is 1. The predicted octanol–water partition coefficient (Wildman–Crippen LogP) is 1.29. The van der Waals surface area contributed by atoms with Gasteiger partial charge in [0.15, 0.2) is 0 Å². The molecule has 0 aromatic carbocycles. The third-order valence-electron chi connectivity index (χ3n) is 3.59. The first-order valence-electron chi connectivity index (χ1n) is 4.93. The van der Waals surface area contributed by atoms with Crippen LogP contribution >= 0.6 is 11.3 Å². The Balaban J connectivity index is 1.88. The van der Waals surface area contributed by atoms with Crippen molar-refractivity contribution in [2.45, 2.75) is 12.5 Å². The average Bonchev–Trinajstić information content (AvgIpc) is 2.64. The third-order valence-corrected chi connectivity index (χ3v) is 4.29. The molecule has 1 aromatic rings. The van der Waals surface area contributed by atoms with E-state index in [0.717, 1.165) is 19.1 Å². The molecule has 3 nitrogen and oxygen atoms in total. The van der Waals surface area contributed by atoms with Crippen LogP contribution in [0.4, 0.5) is 0 Å². The Morgan fingerprint density at radius 2 is 2.64 bits per heavy atom. The van der Waals surface area contributed by atoms with E-state index >= 15 is 0 Å². The molecule has 1 aliphatic carbocycles. The van der Waals surface area contributed by atoms with Crippen LogP contribution in [0, 0.1) is 11.3 Å². The van der Waals surface area contributed by atoms with Crippen LogP contribution in [-0.4, -0.2) is 13.2 Å². The van der Waals surface area contributed by atoms with Gasteiger partial charge >= 0.3 is 0 Å². The van der Waals surface area contributed by atoms with E-state index in [9.17, 15) is 0 Å². The van der Waals surface area contributed by atoms with Crippen LogP contribution in [-0.2, 0) is 4.74 Å². The number of fused-ring (bicyclic) bond motifs is 1. The summed E-state index contributed by atoms with van der Waals surface area (Å²) < 4.78 is 5.50. The Labute approximate surface area is 87.2 Å². The van der Waals surface area contributed by atoms with E-state index < -0.39 is 0 Å². The number of rotatable bonds is 3. The lowest BCUT2D eigenvalue weighted by Crippen LogP contribution is -2.36. The van der Waals surface area contributed by atoms with Gasteiger partial charge in [-0.2, -0.15) is 11.3 Å². The molecule has 3 unspecified atom stereocenters. The zero-order valence-electron chi connectivity index (χ0n) is 7.90. The van der Waals surface area contributed by atoms with Gasteiger partial charge in [-0.05, 0) is 34.7 Å². The maximum absolute atomic E-state index is 5.65. The lowest BCUT2D eigenvalue weighted by Gasteiger charge is -2.23. The minimum Gasteiger partial charge on any atom is -0.380 e. The number of hydrogen-bond acceptors (Lipinski definition) is 4. The number of nitrogens with one attached hydrogen (secondary N) is 1. The van der Waals surface area contributed by atoms with Crippen molar-refractivity contribution in [3.8, 4) is 0 Å². The normalized spacial score (nSPS) is 36.8. The van der Waals surface area contributed by atoms with E-state index in [1.54, 1.807) is 11.3 Å². The van der Waals surface area contributed by atoms with Gasteiger partial charge in [0.1, 0.15) is 0 Å². The maximum atomic E-state index is 5.65. The second kappa shape index (κ2) is 3.03. The molecule has 4 heteroatoms. The van der Waals surface area contributed by atoms with Crippen molar-refractivity contribution in [3.05, 3.63) is 22.4 Å². The van der Waals surface area contributed by atoms with Crippen LogP contribution in [0.15, 0.2) is 16.8 Å². The van der Waals surface area contributed by atoms with Crippen molar-refractivity contribution < 1.29 is 4.74 Å². The molecular weight excluding hydrogens is 196 g/mol. The fourth-order valence-electron chi connectivity index (χ4n) is 2.66. The van der Waals surface area contributed by atoms with E-state index in [1.165, 1.54) is 12.0 Å². The van der Waals surface area contributed by atoms with Gasteiger partial charge in [0, 0.05) is 5.41 Å². The van der Waals surface area contributed by atoms with Crippen molar-refractivity contribution in [3.63, 3.8) is 0 Å². The maximum Gasteiger partial charge on any atom is 0.0550 e. The van der Waals surface area contributed by atoms with Crippen LogP contribution in [0.2, 0.25) is 0 Å². The molecule has 76 valence electrons. The van der Waals surface area contributed by atoms with Crippen molar-refractivity contribution in [1.82, 2.24) is 5.43 Å². The van der Waals surface area contributed by atoms with E-state index in [4.69, 9.17) is 10.6 Å². The van der Waals surface area contributed by atoms with Crippen molar-refractivity contribution >= 4 is 11.3 Å². The molecule has 0 amide bonds. The smallest absolute Gasteiger partial charge is 0.0550 e. The fraction of sp³-hybridized carbons (Fsp3) is 0.600. The molecule has 3 N–H and O–H groups in total. The largest absolute Gasteiger partial charge is 0.380 e. The molecule has 1 aromatic heterocycles. The molecule has 3 atom stereocenters. The summed E-state index contributed by atoms with van der Waals surface area (Å²) in [5, 5.41) is 4.27. The highest BCUT2D eigenvalue weighted by molar-refractivity contribution is 7.07. The number of hydrogen-bond donors (Lipinski definition) is 2. The quantitative estimate of drug-likeness (QED) is 0.584. The molecule has 2 fully saturated rings. The van der Waals surface area contributed by atoms with E-state index in [1.807, 2.05) is 0 Å². The van der Waals surface area contributed by atoms with Crippen LogP contribution < -0.4 is 11.3 Å². The number of thiophene rings is 1. The van der Waals surface area contributed by atoms with Crippen molar-refractivity contribution in [1.29, 1.82) is 0 Å². The second-order valence-electron chi connectivity index (χ2n) is 4.31. The minimum atomic E-state index is 0.279. The summed E-state index contributed by atoms with van der Waals surface area (Å²) in [5.41, 5.74) is 4.57. The third kappa shape index (κ3) is 1.08. The number of hydrazine groups is 1. The molecule has 2 heterocycles. The van der Waals surface area contributed by atoms with Crippen LogP contribution in [0.25, 0.3) is 0 Å². The molecule has 1 aliphatic heterocycles. The molecule has 3 rings (SSSR count). The van der Waals surface area contributed by atoms with Gasteiger partial charge < -0.3 is 4.74 Å². The zero-order chi connectivity index (χ0) is 9.60.